The van der Waals surface area contributed by atoms with Crippen molar-refractivity contribution < 1.29 is 9.59 Å². The third kappa shape index (κ3) is 5.70. The highest BCUT2D eigenvalue weighted by Crippen LogP contribution is 2.38. The van der Waals surface area contributed by atoms with Crippen molar-refractivity contribution in [2.45, 2.75) is 52.4 Å². The molecule has 0 radical (unpaired) electrons. The molecular formula is C17H23Cl2NO2S. The van der Waals surface area contributed by atoms with Gasteiger partial charge in [0.15, 0.2) is 5.12 Å². The first kappa shape index (κ1) is 20.3. The molecule has 0 aliphatic heterocycles. The Labute approximate surface area is 152 Å². The Kier molecular flexibility index (Phi) is 7.43. The minimum Gasteiger partial charge on any atom is -0.325 e. The summed E-state index contributed by atoms with van der Waals surface area (Å²) in [6.07, 6.45) is 1.51. The third-order valence-electron chi connectivity index (χ3n) is 3.45. The first-order chi connectivity index (χ1) is 10.6. The Bertz CT molecular complexity index is 593. The average Bonchev–Trinajstić information content (AvgIpc) is 2.44. The van der Waals surface area contributed by atoms with Crippen molar-refractivity contribution in [2.75, 3.05) is 5.32 Å². The van der Waals surface area contributed by atoms with E-state index in [9.17, 15) is 9.59 Å². The van der Waals surface area contributed by atoms with Crippen molar-refractivity contribution in [2.24, 2.45) is 11.3 Å². The Morgan fingerprint density at radius 1 is 1.13 bits per heavy atom. The number of halogens is 2. The van der Waals surface area contributed by atoms with Crippen LogP contribution in [-0.2, 0) is 9.59 Å². The zero-order valence-corrected chi connectivity index (χ0v) is 16.5. The first-order valence-corrected chi connectivity index (χ1v) is 9.19. The predicted octanol–water partition coefficient (Wildman–Crippen LogP) is 6.03. The van der Waals surface area contributed by atoms with Gasteiger partial charge in [0.25, 0.3) is 0 Å². The van der Waals surface area contributed by atoms with Crippen LogP contribution >= 0.6 is 35.0 Å². The molecule has 0 unspecified atom stereocenters. The van der Waals surface area contributed by atoms with Crippen LogP contribution in [0.2, 0.25) is 10.0 Å². The van der Waals surface area contributed by atoms with Crippen LogP contribution in [0, 0.1) is 11.3 Å². The Morgan fingerprint density at radius 3 is 2.13 bits per heavy atom. The number of anilines is 1. The van der Waals surface area contributed by atoms with Crippen LogP contribution in [0.1, 0.15) is 47.5 Å². The monoisotopic (exact) mass is 375 g/mol. The number of hydrogen-bond donors (Lipinski definition) is 1. The van der Waals surface area contributed by atoms with Gasteiger partial charge >= 0.3 is 0 Å². The van der Waals surface area contributed by atoms with Crippen LogP contribution in [0.3, 0.4) is 0 Å². The van der Waals surface area contributed by atoms with Crippen molar-refractivity contribution in [3.8, 4) is 0 Å². The van der Waals surface area contributed by atoms with Gasteiger partial charge in [0.2, 0.25) is 5.91 Å². The summed E-state index contributed by atoms with van der Waals surface area (Å²) in [5.74, 6) is -0.140. The van der Waals surface area contributed by atoms with Gasteiger partial charge in [0, 0.05) is 16.2 Å². The second kappa shape index (κ2) is 8.41. The zero-order valence-electron chi connectivity index (χ0n) is 14.1. The maximum atomic E-state index is 12.3. The predicted molar refractivity (Wildman–Crippen MR) is 99.5 cm³/mol. The maximum Gasteiger partial charge on any atom is 0.227 e. The lowest BCUT2D eigenvalue weighted by molar-refractivity contribution is -0.120. The SMILES string of the molecule is CCC(CC)C(=O)Nc1cc(Cl)c(Cl)cc1SC(=O)C(C)(C)C. The van der Waals surface area contributed by atoms with E-state index in [-0.39, 0.29) is 16.9 Å². The lowest BCUT2D eigenvalue weighted by Gasteiger charge is -2.19. The molecule has 1 N–H and O–H groups in total. The summed E-state index contributed by atoms with van der Waals surface area (Å²) in [5.41, 5.74) is 0.0341. The van der Waals surface area contributed by atoms with Crippen LogP contribution in [-0.4, -0.2) is 11.0 Å². The molecule has 0 saturated carbocycles. The maximum absolute atomic E-state index is 12.3. The smallest absolute Gasteiger partial charge is 0.227 e. The molecule has 0 aliphatic rings. The van der Waals surface area contributed by atoms with Crippen LogP contribution in [0.15, 0.2) is 17.0 Å². The van der Waals surface area contributed by atoms with E-state index in [2.05, 4.69) is 5.32 Å². The highest BCUT2D eigenvalue weighted by Gasteiger charge is 2.25. The number of nitrogens with one attached hydrogen (secondary N) is 1. The lowest BCUT2D eigenvalue weighted by Crippen LogP contribution is -2.22. The molecule has 6 heteroatoms. The van der Waals surface area contributed by atoms with E-state index in [1.165, 1.54) is 0 Å². The highest BCUT2D eigenvalue weighted by molar-refractivity contribution is 8.13. The van der Waals surface area contributed by atoms with Gasteiger partial charge in [-0.2, -0.15) is 0 Å². The van der Waals surface area contributed by atoms with E-state index in [1.807, 2.05) is 34.6 Å². The fourth-order valence-electron chi connectivity index (χ4n) is 1.86. The average molecular weight is 376 g/mol. The lowest BCUT2D eigenvalue weighted by atomic mass is 10.00. The molecule has 1 amide bonds. The van der Waals surface area contributed by atoms with Crippen molar-refractivity contribution in [1.29, 1.82) is 0 Å². The summed E-state index contributed by atoms with van der Waals surface area (Å²) in [6.45, 7) is 9.50. The Balaban J connectivity index is 3.13. The number of thioether (sulfide) groups is 1. The number of carbonyl (C=O) groups is 2. The van der Waals surface area contributed by atoms with Crippen molar-refractivity contribution in [1.82, 2.24) is 0 Å². The van der Waals surface area contributed by atoms with Crippen LogP contribution in [0.5, 0.6) is 0 Å². The topological polar surface area (TPSA) is 46.2 Å². The molecule has 0 aliphatic carbocycles. The van der Waals surface area contributed by atoms with E-state index >= 15 is 0 Å². The molecule has 0 saturated heterocycles. The van der Waals surface area contributed by atoms with E-state index in [0.29, 0.717) is 20.6 Å². The zero-order chi connectivity index (χ0) is 17.8. The Hall–Kier alpha value is -0.710. The first-order valence-electron chi connectivity index (χ1n) is 7.62. The number of rotatable bonds is 5. The molecular weight excluding hydrogens is 353 g/mol. The normalized spacial score (nSPS) is 11.7. The number of benzene rings is 1. The minimum atomic E-state index is -0.493. The summed E-state index contributed by atoms with van der Waals surface area (Å²) >= 11 is 13.2. The van der Waals surface area contributed by atoms with Crippen LogP contribution in [0.25, 0.3) is 0 Å². The molecule has 0 fully saturated rings. The van der Waals surface area contributed by atoms with Gasteiger partial charge in [-0.3, -0.25) is 9.59 Å². The molecule has 128 valence electrons. The molecule has 1 rings (SSSR count). The van der Waals surface area contributed by atoms with E-state index in [0.717, 1.165) is 24.6 Å². The molecule has 0 aromatic heterocycles. The second-order valence-corrected chi connectivity index (χ2v) is 8.23. The summed E-state index contributed by atoms with van der Waals surface area (Å²) in [5, 5.41) is 3.58. The molecule has 0 bridgehead atoms. The van der Waals surface area contributed by atoms with Gasteiger partial charge in [-0.15, -0.1) is 0 Å². The number of amides is 1. The summed E-state index contributed by atoms with van der Waals surface area (Å²) in [7, 11) is 0. The second-order valence-electron chi connectivity index (χ2n) is 6.40. The molecule has 1 aromatic rings. The van der Waals surface area contributed by atoms with Crippen LogP contribution < -0.4 is 5.32 Å². The largest absolute Gasteiger partial charge is 0.325 e. The fraction of sp³-hybridized carbons (Fsp3) is 0.529. The van der Waals surface area contributed by atoms with Crippen molar-refractivity contribution >= 4 is 51.7 Å². The number of hydrogen-bond acceptors (Lipinski definition) is 3. The Morgan fingerprint density at radius 2 is 1.65 bits per heavy atom. The van der Waals surface area contributed by atoms with E-state index in [4.69, 9.17) is 23.2 Å². The van der Waals surface area contributed by atoms with Gasteiger partial charge in [-0.1, -0.05) is 57.8 Å². The van der Waals surface area contributed by atoms with Gasteiger partial charge < -0.3 is 5.32 Å². The van der Waals surface area contributed by atoms with Gasteiger partial charge in [-0.05, 0) is 36.7 Å². The third-order valence-corrected chi connectivity index (χ3v) is 5.53. The standard InChI is InChI=1S/C17H23Cl2NO2S/c1-6-10(7-2)15(21)20-13-8-11(18)12(19)9-14(13)23-16(22)17(3,4)5/h8-10H,6-7H2,1-5H3,(H,20,21). The molecule has 3 nitrogen and oxygen atoms in total. The fourth-order valence-corrected chi connectivity index (χ4v) is 3.15. The van der Waals surface area contributed by atoms with Gasteiger partial charge in [-0.25, -0.2) is 0 Å². The van der Waals surface area contributed by atoms with E-state index in [1.54, 1.807) is 12.1 Å². The molecule has 0 atom stereocenters. The summed E-state index contributed by atoms with van der Waals surface area (Å²) in [4.78, 5) is 25.2. The van der Waals surface area contributed by atoms with Crippen molar-refractivity contribution in [3.05, 3.63) is 22.2 Å². The van der Waals surface area contributed by atoms with Crippen LogP contribution in [0.4, 0.5) is 5.69 Å². The number of carbonyl (C=O) groups excluding carboxylic acids is 2. The summed E-state index contributed by atoms with van der Waals surface area (Å²) in [6, 6.07) is 3.23. The molecule has 0 heterocycles. The minimum absolute atomic E-state index is 0.00563. The summed E-state index contributed by atoms with van der Waals surface area (Å²) < 4.78 is 0. The molecule has 23 heavy (non-hydrogen) atoms. The van der Waals surface area contributed by atoms with Crippen molar-refractivity contribution in [3.63, 3.8) is 0 Å². The van der Waals surface area contributed by atoms with Gasteiger partial charge in [0.05, 0.1) is 15.7 Å². The highest BCUT2D eigenvalue weighted by atomic mass is 35.5. The quantitative estimate of drug-likeness (QED) is 0.638. The molecule has 0 spiro atoms. The van der Waals surface area contributed by atoms with Gasteiger partial charge in [0.1, 0.15) is 0 Å². The molecule has 1 aromatic carbocycles. The van der Waals surface area contributed by atoms with E-state index < -0.39 is 5.41 Å².